The molecule has 1 aliphatic carbocycles. The highest BCUT2D eigenvalue weighted by Crippen LogP contribution is 2.22. The molecule has 2 aliphatic rings. The van der Waals surface area contributed by atoms with E-state index in [1.165, 1.54) is 24.9 Å². The Morgan fingerprint density at radius 2 is 1.88 bits per heavy atom. The van der Waals surface area contributed by atoms with Gasteiger partial charge < -0.3 is 14.7 Å². The number of ether oxygens (including phenoxy) is 1. The predicted octanol–water partition coefficient (Wildman–Crippen LogP) is 3.17. The fourth-order valence-corrected chi connectivity index (χ4v) is 3.88. The number of piperazine rings is 1. The van der Waals surface area contributed by atoms with Crippen molar-refractivity contribution in [2.24, 2.45) is 0 Å². The van der Waals surface area contributed by atoms with Crippen LogP contribution in [0.5, 0.6) is 0 Å². The Bertz CT molecular complexity index is 500. The molecule has 0 amide bonds. The number of anilines is 1. The molecule has 1 aromatic carbocycles. The van der Waals surface area contributed by atoms with Crippen LogP contribution in [0.25, 0.3) is 0 Å². The van der Waals surface area contributed by atoms with Crippen molar-refractivity contribution in [3.63, 3.8) is 0 Å². The van der Waals surface area contributed by atoms with Gasteiger partial charge in [0.15, 0.2) is 0 Å². The molecule has 1 heterocycles. The van der Waals surface area contributed by atoms with E-state index in [0.717, 1.165) is 44.0 Å². The SMILES string of the molecule is OC(COC1CCCCC1)CN1CCN(c2cccc(Cl)c2)CC1. The molecular weight excluding hydrogens is 324 g/mol. The van der Waals surface area contributed by atoms with E-state index in [1.54, 1.807) is 0 Å². The quantitative estimate of drug-likeness (QED) is 0.853. The van der Waals surface area contributed by atoms with Gasteiger partial charge in [0, 0.05) is 43.4 Å². The molecule has 1 unspecified atom stereocenters. The van der Waals surface area contributed by atoms with Gasteiger partial charge >= 0.3 is 0 Å². The number of rotatable bonds is 6. The number of benzene rings is 1. The maximum absolute atomic E-state index is 10.3. The summed E-state index contributed by atoms with van der Waals surface area (Å²) in [6.45, 7) is 5.04. The molecule has 0 aromatic heterocycles. The molecule has 1 saturated carbocycles. The third kappa shape index (κ3) is 5.35. The molecule has 134 valence electrons. The van der Waals surface area contributed by atoms with Crippen LogP contribution in [0, 0.1) is 0 Å². The van der Waals surface area contributed by atoms with E-state index >= 15 is 0 Å². The van der Waals surface area contributed by atoms with Crippen molar-refractivity contribution < 1.29 is 9.84 Å². The predicted molar refractivity (Wildman–Crippen MR) is 98.9 cm³/mol. The molecule has 24 heavy (non-hydrogen) atoms. The zero-order valence-electron chi connectivity index (χ0n) is 14.4. The minimum Gasteiger partial charge on any atom is -0.389 e. The third-order valence-electron chi connectivity index (χ3n) is 5.09. The number of aliphatic hydroxyl groups is 1. The smallest absolute Gasteiger partial charge is 0.0900 e. The highest BCUT2D eigenvalue weighted by Gasteiger charge is 2.21. The van der Waals surface area contributed by atoms with Gasteiger partial charge in [0.1, 0.15) is 0 Å². The molecule has 0 radical (unpaired) electrons. The van der Waals surface area contributed by atoms with Gasteiger partial charge in [-0.1, -0.05) is 36.9 Å². The first-order valence-electron chi connectivity index (χ1n) is 9.23. The average Bonchev–Trinajstić information content (AvgIpc) is 2.61. The van der Waals surface area contributed by atoms with Gasteiger partial charge in [0.2, 0.25) is 0 Å². The second-order valence-electron chi connectivity index (χ2n) is 7.01. The highest BCUT2D eigenvalue weighted by atomic mass is 35.5. The van der Waals surface area contributed by atoms with Crippen molar-refractivity contribution in [2.45, 2.75) is 44.3 Å². The zero-order valence-corrected chi connectivity index (χ0v) is 15.1. The monoisotopic (exact) mass is 352 g/mol. The van der Waals surface area contributed by atoms with Gasteiger partial charge in [-0.05, 0) is 31.0 Å². The van der Waals surface area contributed by atoms with Crippen LogP contribution in [0.1, 0.15) is 32.1 Å². The zero-order chi connectivity index (χ0) is 16.8. The summed E-state index contributed by atoms with van der Waals surface area (Å²) in [6, 6.07) is 8.03. The largest absolute Gasteiger partial charge is 0.389 e. The lowest BCUT2D eigenvalue weighted by Gasteiger charge is -2.37. The second-order valence-corrected chi connectivity index (χ2v) is 7.45. The van der Waals surface area contributed by atoms with E-state index in [1.807, 2.05) is 18.2 Å². The summed E-state index contributed by atoms with van der Waals surface area (Å²) in [7, 11) is 0. The van der Waals surface area contributed by atoms with E-state index < -0.39 is 0 Å². The molecule has 3 rings (SSSR count). The van der Waals surface area contributed by atoms with Crippen LogP contribution in [0.2, 0.25) is 5.02 Å². The normalized spacial score (nSPS) is 21.8. The summed E-state index contributed by atoms with van der Waals surface area (Å²) in [5, 5.41) is 11.0. The van der Waals surface area contributed by atoms with Gasteiger partial charge in [-0.15, -0.1) is 0 Å². The molecule has 0 spiro atoms. The first-order chi connectivity index (χ1) is 11.7. The number of halogens is 1. The Kier molecular flexibility index (Phi) is 6.78. The number of hydrogen-bond donors (Lipinski definition) is 1. The fourth-order valence-electron chi connectivity index (χ4n) is 3.69. The van der Waals surface area contributed by atoms with Crippen LogP contribution in [-0.4, -0.2) is 61.5 Å². The standard InChI is InChI=1S/C19H29ClN2O2/c20-16-5-4-6-17(13-16)22-11-9-21(10-12-22)14-18(23)15-24-19-7-2-1-3-8-19/h4-6,13,18-19,23H,1-3,7-12,14-15H2. The maximum atomic E-state index is 10.3. The van der Waals surface area contributed by atoms with Crippen molar-refractivity contribution >= 4 is 17.3 Å². The van der Waals surface area contributed by atoms with Gasteiger partial charge in [0.25, 0.3) is 0 Å². The Hall–Kier alpha value is -0.810. The molecule has 1 saturated heterocycles. The Labute approximate surface area is 150 Å². The molecule has 0 bridgehead atoms. The topological polar surface area (TPSA) is 35.9 Å². The van der Waals surface area contributed by atoms with Crippen LogP contribution < -0.4 is 4.90 Å². The summed E-state index contributed by atoms with van der Waals surface area (Å²) < 4.78 is 5.89. The molecule has 2 fully saturated rings. The van der Waals surface area contributed by atoms with E-state index in [0.29, 0.717) is 19.3 Å². The van der Waals surface area contributed by atoms with Gasteiger partial charge in [-0.25, -0.2) is 0 Å². The van der Waals surface area contributed by atoms with Crippen molar-refractivity contribution in [2.75, 3.05) is 44.2 Å². The fraction of sp³-hybridized carbons (Fsp3) is 0.684. The van der Waals surface area contributed by atoms with Crippen molar-refractivity contribution in [1.82, 2.24) is 4.90 Å². The van der Waals surface area contributed by atoms with Gasteiger partial charge in [0.05, 0.1) is 18.8 Å². The maximum Gasteiger partial charge on any atom is 0.0900 e. The average molecular weight is 353 g/mol. The van der Waals surface area contributed by atoms with Crippen molar-refractivity contribution in [1.29, 1.82) is 0 Å². The molecule has 1 N–H and O–H groups in total. The van der Waals surface area contributed by atoms with E-state index in [4.69, 9.17) is 16.3 Å². The number of nitrogens with zero attached hydrogens (tertiary/aromatic N) is 2. The molecular formula is C19H29ClN2O2. The minimum atomic E-state index is -0.385. The number of β-amino-alcohol motifs (C(OH)–C–C–N with tert-alkyl or cyclic N) is 1. The summed E-state index contributed by atoms with van der Waals surface area (Å²) >= 11 is 6.08. The van der Waals surface area contributed by atoms with Crippen LogP contribution >= 0.6 is 11.6 Å². The Balaban J connectivity index is 1.37. The molecule has 5 heteroatoms. The van der Waals surface area contributed by atoms with Gasteiger partial charge in [-0.2, -0.15) is 0 Å². The first-order valence-corrected chi connectivity index (χ1v) is 9.61. The summed E-state index contributed by atoms with van der Waals surface area (Å²) in [4.78, 5) is 4.68. The van der Waals surface area contributed by atoms with Crippen LogP contribution in [0.15, 0.2) is 24.3 Å². The Morgan fingerprint density at radius 1 is 1.12 bits per heavy atom. The third-order valence-corrected chi connectivity index (χ3v) is 5.33. The lowest BCUT2D eigenvalue weighted by molar-refractivity contribution is -0.0336. The van der Waals surface area contributed by atoms with E-state index in [2.05, 4.69) is 15.9 Å². The second kappa shape index (κ2) is 9.04. The van der Waals surface area contributed by atoms with Crippen LogP contribution in [-0.2, 0) is 4.74 Å². The molecule has 1 atom stereocenters. The summed E-state index contributed by atoms with van der Waals surface area (Å²) in [5.74, 6) is 0. The number of aliphatic hydroxyl groups excluding tert-OH is 1. The lowest BCUT2D eigenvalue weighted by atomic mass is 9.98. The minimum absolute atomic E-state index is 0.369. The van der Waals surface area contributed by atoms with Crippen molar-refractivity contribution in [3.8, 4) is 0 Å². The van der Waals surface area contributed by atoms with Crippen molar-refractivity contribution in [3.05, 3.63) is 29.3 Å². The van der Waals surface area contributed by atoms with Crippen LogP contribution in [0.4, 0.5) is 5.69 Å². The summed E-state index contributed by atoms with van der Waals surface area (Å²) in [5.41, 5.74) is 1.18. The first kappa shape index (κ1) is 18.0. The molecule has 4 nitrogen and oxygen atoms in total. The number of hydrogen-bond acceptors (Lipinski definition) is 4. The summed E-state index contributed by atoms with van der Waals surface area (Å²) in [6.07, 6.45) is 6.17. The van der Waals surface area contributed by atoms with E-state index in [9.17, 15) is 5.11 Å². The van der Waals surface area contributed by atoms with E-state index in [-0.39, 0.29) is 6.10 Å². The lowest BCUT2D eigenvalue weighted by Crippen LogP contribution is -2.49. The van der Waals surface area contributed by atoms with Crippen LogP contribution in [0.3, 0.4) is 0 Å². The molecule has 1 aromatic rings. The highest BCUT2D eigenvalue weighted by molar-refractivity contribution is 6.30. The van der Waals surface area contributed by atoms with Gasteiger partial charge in [-0.3, -0.25) is 4.90 Å². The molecule has 1 aliphatic heterocycles. The Morgan fingerprint density at radius 3 is 2.58 bits per heavy atom.